The molecule has 0 aliphatic carbocycles. The van der Waals surface area contributed by atoms with Crippen LogP contribution in [-0.4, -0.2) is 54.3 Å². The van der Waals surface area contributed by atoms with E-state index in [1.807, 2.05) is 56.0 Å². The molecule has 0 radical (unpaired) electrons. The van der Waals surface area contributed by atoms with Gasteiger partial charge in [-0.15, -0.1) is 0 Å². The number of carbonyl (C=O) groups is 1. The number of rotatable bonds is 3. The van der Waals surface area contributed by atoms with Crippen molar-refractivity contribution in [2.75, 3.05) is 26.8 Å². The van der Waals surface area contributed by atoms with E-state index in [2.05, 4.69) is 4.98 Å². The molecular weight excluding hydrogens is 304 g/mol. The Labute approximate surface area is 142 Å². The van der Waals surface area contributed by atoms with E-state index in [9.17, 15) is 4.79 Å². The predicted octanol–water partition coefficient (Wildman–Crippen LogP) is 2.81. The summed E-state index contributed by atoms with van der Waals surface area (Å²) in [6.45, 7) is 7.49. The molecular formula is C19H24N2O3. The number of nitrogens with zero attached hydrogens (tertiary/aromatic N) is 2. The van der Waals surface area contributed by atoms with Gasteiger partial charge in [0.15, 0.2) is 0 Å². The molecule has 2 heterocycles. The number of hydrogen-bond acceptors (Lipinski definition) is 4. The number of methoxy groups -OCH3 is 1. The largest absolute Gasteiger partial charge is 0.382 e. The number of fused-ring (bicyclic) bond motifs is 1. The van der Waals surface area contributed by atoms with Gasteiger partial charge in [-0.05, 0) is 32.9 Å². The van der Waals surface area contributed by atoms with Crippen LogP contribution in [0.3, 0.4) is 0 Å². The van der Waals surface area contributed by atoms with Gasteiger partial charge < -0.3 is 14.4 Å². The Morgan fingerprint density at radius 3 is 2.92 bits per heavy atom. The van der Waals surface area contributed by atoms with Crippen molar-refractivity contribution in [2.24, 2.45) is 0 Å². The molecule has 1 aliphatic rings. The summed E-state index contributed by atoms with van der Waals surface area (Å²) in [5.74, 6) is -0.00354. The van der Waals surface area contributed by atoms with Gasteiger partial charge in [-0.3, -0.25) is 9.78 Å². The van der Waals surface area contributed by atoms with Gasteiger partial charge in [0.25, 0.3) is 5.91 Å². The molecule has 24 heavy (non-hydrogen) atoms. The van der Waals surface area contributed by atoms with Crippen LogP contribution in [0, 0.1) is 6.92 Å². The van der Waals surface area contributed by atoms with Crippen LogP contribution in [0.5, 0.6) is 0 Å². The van der Waals surface area contributed by atoms with Crippen molar-refractivity contribution >= 4 is 16.8 Å². The number of pyridine rings is 1. The quantitative estimate of drug-likeness (QED) is 0.869. The minimum Gasteiger partial charge on any atom is -0.382 e. The average molecular weight is 328 g/mol. The van der Waals surface area contributed by atoms with Crippen molar-refractivity contribution in [3.05, 3.63) is 41.6 Å². The summed E-state index contributed by atoms with van der Waals surface area (Å²) in [6, 6.07) is 9.71. The molecule has 1 saturated heterocycles. The Hall–Kier alpha value is -1.98. The molecule has 2 aromatic rings. The van der Waals surface area contributed by atoms with Crippen LogP contribution in [0.1, 0.15) is 29.9 Å². The molecule has 128 valence electrons. The zero-order valence-electron chi connectivity index (χ0n) is 14.7. The lowest BCUT2D eigenvalue weighted by atomic mass is 10.0. The monoisotopic (exact) mass is 328 g/mol. The molecule has 0 N–H and O–H groups in total. The van der Waals surface area contributed by atoms with Gasteiger partial charge >= 0.3 is 0 Å². The highest BCUT2D eigenvalue weighted by atomic mass is 16.5. The number of benzene rings is 1. The maximum absolute atomic E-state index is 13.2. The standard InChI is InChI=1S/C19H24N2O3/c1-13-8-9-14-6-5-7-16(17(14)20-13)18(22)21-10-15(11-23-4)24-19(2,3)12-21/h5-9,15H,10-12H2,1-4H3/t15-/m1/s1. The van der Waals surface area contributed by atoms with Gasteiger partial charge in [0.1, 0.15) is 0 Å². The van der Waals surface area contributed by atoms with Crippen LogP contribution in [0.4, 0.5) is 0 Å². The number of ether oxygens (including phenoxy) is 2. The lowest BCUT2D eigenvalue weighted by Gasteiger charge is -2.42. The minimum atomic E-state index is -0.398. The molecule has 5 heteroatoms. The number of morpholine rings is 1. The van der Waals surface area contributed by atoms with Crippen molar-refractivity contribution in [3.63, 3.8) is 0 Å². The van der Waals surface area contributed by atoms with Crippen LogP contribution >= 0.6 is 0 Å². The fourth-order valence-electron chi connectivity index (χ4n) is 3.31. The normalized spacial score (nSPS) is 20.3. The summed E-state index contributed by atoms with van der Waals surface area (Å²) in [5, 5.41) is 0.979. The van der Waals surface area contributed by atoms with Gasteiger partial charge in [0, 0.05) is 31.3 Å². The molecule has 0 saturated carbocycles. The van der Waals surface area contributed by atoms with Crippen LogP contribution in [0.15, 0.2) is 30.3 Å². The highest BCUT2D eigenvalue weighted by molar-refractivity contribution is 6.05. The number of amides is 1. The Morgan fingerprint density at radius 2 is 2.17 bits per heavy atom. The van der Waals surface area contributed by atoms with E-state index in [1.54, 1.807) is 7.11 Å². The predicted molar refractivity (Wildman–Crippen MR) is 93.2 cm³/mol. The Balaban J connectivity index is 1.95. The first-order chi connectivity index (χ1) is 11.4. The van der Waals surface area contributed by atoms with Crippen LogP contribution in [0.2, 0.25) is 0 Å². The van der Waals surface area contributed by atoms with Gasteiger partial charge in [0.2, 0.25) is 0 Å². The fourth-order valence-corrected chi connectivity index (χ4v) is 3.31. The second-order valence-corrected chi connectivity index (χ2v) is 6.97. The van der Waals surface area contributed by atoms with Crippen molar-refractivity contribution < 1.29 is 14.3 Å². The summed E-state index contributed by atoms with van der Waals surface area (Å²) < 4.78 is 11.2. The smallest absolute Gasteiger partial charge is 0.256 e. The van der Waals surface area contributed by atoms with Gasteiger partial charge in [-0.25, -0.2) is 0 Å². The summed E-state index contributed by atoms with van der Waals surface area (Å²) in [6.07, 6.45) is -0.118. The SMILES string of the molecule is COC[C@H]1CN(C(=O)c2cccc3ccc(C)nc23)CC(C)(C)O1. The second kappa shape index (κ2) is 6.49. The zero-order valence-corrected chi connectivity index (χ0v) is 14.7. The Kier molecular flexibility index (Phi) is 4.56. The van der Waals surface area contributed by atoms with Crippen molar-refractivity contribution in [1.82, 2.24) is 9.88 Å². The van der Waals surface area contributed by atoms with Crippen LogP contribution in [0.25, 0.3) is 10.9 Å². The Bertz CT molecular complexity index is 757. The summed E-state index contributed by atoms with van der Waals surface area (Å²) >= 11 is 0. The van der Waals surface area contributed by atoms with Crippen LogP contribution in [-0.2, 0) is 9.47 Å². The Morgan fingerprint density at radius 1 is 1.38 bits per heavy atom. The number of hydrogen-bond donors (Lipinski definition) is 0. The first kappa shape index (κ1) is 16.9. The van der Waals surface area contributed by atoms with Gasteiger partial charge in [-0.2, -0.15) is 0 Å². The average Bonchev–Trinajstić information content (AvgIpc) is 2.52. The van der Waals surface area contributed by atoms with Crippen LogP contribution < -0.4 is 0 Å². The summed E-state index contributed by atoms with van der Waals surface area (Å²) in [5.41, 5.74) is 1.91. The molecule has 5 nitrogen and oxygen atoms in total. The number of aromatic nitrogens is 1. The van der Waals surface area contributed by atoms with Crippen molar-refractivity contribution in [2.45, 2.75) is 32.5 Å². The van der Waals surface area contributed by atoms with E-state index >= 15 is 0 Å². The van der Waals surface area contributed by atoms with E-state index in [4.69, 9.17) is 9.47 Å². The third kappa shape index (κ3) is 3.42. The van der Waals surface area contributed by atoms with Crippen molar-refractivity contribution in [1.29, 1.82) is 0 Å². The molecule has 1 aliphatic heterocycles. The topological polar surface area (TPSA) is 51.7 Å². The lowest BCUT2D eigenvalue weighted by Crippen LogP contribution is -2.55. The molecule has 3 rings (SSSR count). The molecule has 0 spiro atoms. The van der Waals surface area contributed by atoms with E-state index in [0.717, 1.165) is 16.6 Å². The number of carbonyl (C=O) groups excluding carboxylic acids is 1. The summed E-state index contributed by atoms with van der Waals surface area (Å²) in [4.78, 5) is 19.6. The number of aryl methyl sites for hydroxylation is 1. The van der Waals surface area contributed by atoms with Crippen molar-refractivity contribution in [3.8, 4) is 0 Å². The first-order valence-corrected chi connectivity index (χ1v) is 8.22. The van der Waals surface area contributed by atoms with E-state index < -0.39 is 5.60 Å². The third-order valence-corrected chi connectivity index (χ3v) is 4.21. The highest BCUT2D eigenvalue weighted by Crippen LogP contribution is 2.25. The highest BCUT2D eigenvalue weighted by Gasteiger charge is 2.36. The minimum absolute atomic E-state index is 0.00354. The molecule has 0 bridgehead atoms. The molecule has 1 aromatic heterocycles. The molecule has 1 fully saturated rings. The summed E-state index contributed by atoms with van der Waals surface area (Å²) in [7, 11) is 1.65. The molecule has 1 aromatic carbocycles. The lowest BCUT2D eigenvalue weighted by molar-refractivity contribution is -0.143. The van der Waals surface area contributed by atoms with E-state index in [1.165, 1.54) is 0 Å². The number of para-hydroxylation sites is 1. The zero-order chi connectivity index (χ0) is 17.3. The van der Waals surface area contributed by atoms with E-state index in [0.29, 0.717) is 25.3 Å². The first-order valence-electron chi connectivity index (χ1n) is 8.22. The second-order valence-electron chi connectivity index (χ2n) is 6.97. The third-order valence-electron chi connectivity index (χ3n) is 4.21. The maximum atomic E-state index is 13.2. The maximum Gasteiger partial charge on any atom is 0.256 e. The van der Waals surface area contributed by atoms with Gasteiger partial charge in [-0.1, -0.05) is 18.2 Å². The molecule has 0 unspecified atom stereocenters. The van der Waals surface area contributed by atoms with Gasteiger partial charge in [0.05, 0.1) is 29.4 Å². The molecule has 1 amide bonds. The van der Waals surface area contributed by atoms with E-state index in [-0.39, 0.29) is 12.0 Å². The fraction of sp³-hybridized carbons (Fsp3) is 0.474. The molecule has 1 atom stereocenters.